The molecule has 0 spiro atoms. The molecule has 1 atom stereocenters. The molecule has 1 nitrogen and oxygen atoms in total. The Morgan fingerprint density at radius 1 is 0.885 bits per heavy atom. The van der Waals surface area contributed by atoms with Crippen molar-refractivity contribution in [2.45, 2.75) is 25.7 Å². The minimum absolute atomic E-state index is 0.156. The van der Waals surface area contributed by atoms with Gasteiger partial charge in [0.05, 0.1) is 0 Å². The molecule has 2 aliphatic rings. The van der Waals surface area contributed by atoms with E-state index in [0.717, 1.165) is 38.9 Å². The van der Waals surface area contributed by atoms with E-state index in [-0.39, 0.29) is 5.82 Å². The Bertz CT molecular complexity index is 789. The van der Waals surface area contributed by atoms with Gasteiger partial charge in [0.25, 0.3) is 0 Å². The fourth-order valence-corrected chi connectivity index (χ4v) is 4.20. The van der Waals surface area contributed by atoms with Crippen LogP contribution in [0.2, 0.25) is 0 Å². The predicted octanol–water partition coefficient (Wildman–Crippen LogP) is 5.80. The van der Waals surface area contributed by atoms with Crippen molar-refractivity contribution >= 4 is 11.1 Å². The number of allylic oxidation sites excluding steroid dienone is 2. The minimum atomic E-state index is -0.156. The molecule has 0 fully saturated rings. The molecular formula is C24H26FN. The number of rotatable bonds is 4. The lowest BCUT2D eigenvalue weighted by molar-refractivity contribution is 0.244. The summed E-state index contributed by atoms with van der Waals surface area (Å²) < 4.78 is 13.2. The first-order valence-electron chi connectivity index (χ1n) is 9.70. The third kappa shape index (κ3) is 4.13. The molecule has 2 heteroatoms. The minimum Gasteiger partial charge on any atom is -0.299 e. The Balaban J connectivity index is 1.35. The van der Waals surface area contributed by atoms with Gasteiger partial charge in [-0.1, -0.05) is 54.6 Å². The number of hydrogen-bond donors (Lipinski definition) is 0. The summed E-state index contributed by atoms with van der Waals surface area (Å²) in [7, 11) is 0. The third-order valence-corrected chi connectivity index (χ3v) is 5.64. The lowest BCUT2D eigenvalue weighted by Crippen LogP contribution is -2.33. The van der Waals surface area contributed by atoms with Crippen molar-refractivity contribution in [3.8, 4) is 0 Å². The quantitative estimate of drug-likeness (QED) is 0.676. The van der Waals surface area contributed by atoms with E-state index in [4.69, 9.17) is 0 Å². The van der Waals surface area contributed by atoms with Crippen LogP contribution >= 0.6 is 0 Å². The first kappa shape index (κ1) is 17.2. The van der Waals surface area contributed by atoms with Crippen LogP contribution in [0.1, 0.15) is 36.8 Å². The van der Waals surface area contributed by atoms with Gasteiger partial charge < -0.3 is 0 Å². The van der Waals surface area contributed by atoms with Gasteiger partial charge in [-0.25, -0.2) is 4.39 Å². The Kier molecular flexibility index (Phi) is 5.31. The zero-order chi connectivity index (χ0) is 17.8. The summed E-state index contributed by atoms with van der Waals surface area (Å²) in [5.41, 5.74) is 5.42. The second-order valence-electron chi connectivity index (χ2n) is 7.49. The molecule has 0 radical (unpaired) electrons. The summed E-state index contributed by atoms with van der Waals surface area (Å²) in [4.78, 5) is 2.59. The van der Waals surface area contributed by atoms with Gasteiger partial charge in [-0.3, -0.25) is 4.90 Å². The zero-order valence-corrected chi connectivity index (χ0v) is 15.2. The van der Waals surface area contributed by atoms with Gasteiger partial charge >= 0.3 is 0 Å². The Hall–Kier alpha value is -2.19. The Morgan fingerprint density at radius 3 is 2.38 bits per heavy atom. The average Bonchev–Trinajstić information content (AvgIpc) is 2.70. The van der Waals surface area contributed by atoms with Crippen LogP contribution in [0.15, 0.2) is 66.7 Å². The largest absolute Gasteiger partial charge is 0.299 e. The monoisotopic (exact) mass is 347 g/mol. The van der Waals surface area contributed by atoms with E-state index < -0.39 is 0 Å². The van der Waals surface area contributed by atoms with Crippen molar-refractivity contribution in [1.82, 2.24) is 4.90 Å². The molecule has 0 amide bonds. The van der Waals surface area contributed by atoms with Crippen LogP contribution in [0.25, 0.3) is 11.1 Å². The van der Waals surface area contributed by atoms with Crippen molar-refractivity contribution in [2.75, 3.05) is 19.6 Å². The molecular weight excluding hydrogens is 321 g/mol. The van der Waals surface area contributed by atoms with Crippen LogP contribution in [0, 0.1) is 11.7 Å². The SMILES string of the molecule is Fc1ccc(C2=CCCC(CN3CC=C(c4ccccc4)CC3)C2)cc1. The summed E-state index contributed by atoms with van der Waals surface area (Å²) in [5.74, 6) is 0.544. The highest BCUT2D eigenvalue weighted by Gasteiger charge is 2.21. The molecule has 0 aromatic heterocycles. The van der Waals surface area contributed by atoms with Gasteiger partial charge in [0, 0.05) is 19.6 Å². The molecule has 0 N–H and O–H groups in total. The van der Waals surface area contributed by atoms with Crippen molar-refractivity contribution in [2.24, 2.45) is 5.92 Å². The van der Waals surface area contributed by atoms with Gasteiger partial charge in [0.2, 0.25) is 0 Å². The van der Waals surface area contributed by atoms with E-state index in [1.165, 1.54) is 28.7 Å². The molecule has 2 aromatic carbocycles. The summed E-state index contributed by atoms with van der Waals surface area (Å²) in [5, 5.41) is 0. The molecule has 134 valence electrons. The normalized spacial score (nSPS) is 21.2. The topological polar surface area (TPSA) is 3.24 Å². The Morgan fingerprint density at radius 2 is 1.65 bits per heavy atom. The second kappa shape index (κ2) is 8.01. The van der Waals surface area contributed by atoms with Crippen molar-refractivity contribution in [1.29, 1.82) is 0 Å². The van der Waals surface area contributed by atoms with Gasteiger partial charge in [0.15, 0.2) is 0 Å². The van der Waals surface area contributed by atoms with Crippen LogP contribution < -0.4 is 0 Å². The maximum Gasteiger partial charge on any atom is 0.123 e. The van der Waals surface area contributed by atoms with Crippen LogP contribution in [-0.2, 0) is 0 Å². The molecule has 1 unspecified atom stereocenters. The van der Waals surface area contributed by atoms with Crippen LogP contribution in [-0.4, -0.2) is 24.5 Å². The highest BCUT2D eigenvalue weighted by atomic mass is 19.1. The van der Waals surface area contributed by atoms with Crippen molar-refractivity contribution in [3.63, 3.8) is 0 Å². The zero-order valence-electron chi connectivity index (χ0n) is 15.2. The van der Waals surface area contributed by atoms with E-state index in [9.17, 15) is 4.39 Å². The highest BCUT2D eigenvalue weighted by Crippen LogP contribution is 2.32. The van der Waals surface area contributed by atoms with Gasteiger partial charge in [0.1, 0.15) is 5.82 Å². The summed E-state index contributed by atoms with van der Waals surface area (Å²) >= 11 is 0. The van der Waals surface area contributed by atoms with Crippen LogP contribution in [0.5, 0.6) is 0 Å². The number of benzene rings is 2. The molecule has 0 saturated heterocycles. The average molecular weight is 347 g/mol. The maximum atomic E-state index is 13.2. The number of halogens is 1. The fraction of sp³-hybridized carbons (Fsp3) is 0.333. The molecule has 1 aliphatic heterocycles. The maximum absolute atomic E-state index is 13.2. The van der Waals surface area contributed by atoms with E-state index in [2.05, 4.69) is 47.4 Å². The molecule has 1 heterocycles. The van der Waals surface area contributed by atoms with Crippen LogP contribution in [0.4, 0.5) is 4.39 Å². The third-order valence-electron chi connectivity index (χ3n) is 5.64. The van der Waals surface area contributed by atoms with E-state index >= 15 is 0 Å². The molecule has 1 aliphatic carbocycles. The summed E-state index contributed by atoms with van der Waals surface area (Å²) in [6, 6.07) is 17.7. The number of hydrogen-bond acceptors (Lipinski definition) is 1. The fourth-order valence-electron chi connectivity index (χ4n) is 4.20. The van der Waals surface area contributed by atoms with Crippen molar-refractivity contribution in [3.05, 3.63) is 83.7 Å². The van der Waals surface area contributed by atoms with Crippen LogP contribution in [0.3, 0.4) is 0 Å². The first-order chi connectivity index (χ1) is 12.8. The lowest BCUT2D eigenvalue weighted by atomic mass is 9.85. The Labute approximate surface area is 155 Å². The molecule has 0 saturated carbocycles. The van der Waals surface area contributed by atoms with E-state index in [1.54, 1.807) is 12.1 Å². The lowest BCUT2D eigenvalue weighted by Gasteiger charge is -2.32. The highest BCUT2D eigenvalue weighted by molar-refractivity contribution is 5.67. The molecule has 2 aromatic rings. The van der Waals surface area contributed by atoms with Gasteiger partial charge in [-0.2, -0.15) is 0 Å². The predicted molar refractivity (Wildman–Crippen MR) is 107 cm³/mol. The molecule has 4 rings (SSSR count). The van der Waals surface area contributed by atoms with Crippen molar-refractivity contribution < 1.29 is 4.39 Å². The van der Waals surface area contributed by atoms with E-state index in [0.29, 0.717) is 5.92 Å². The standard InChI is InChI=1S/C24H26FN/c25-24-11-9-21(10-12-24)23-8-4-5-19(17-23)18-26-15-13-22(14-16-26)20-6-2-1-3-7-20/h1-3,6-13,19H,4-5,14-18H2. The number of nitrogens with zero attached hydrogens (tertiary/aromatic N) is 1. The smallest absolute Gasteiger partial charge is 0.123 e. The molecule has 0 bridgehead atoms. The van der Waals surface area contributed by atoms with Gasteiger partial charge in [-0.15, -0.1) is 0 Å². The second-order valence-corrected chi connectivity index (χ2v) is 7.49. The summed E-state index contributed by atoms with van der Waals surface area (Å²) in [6.07, 6.45) is 9.38. The summed E-state index contributed by atoms with van der Waals surface area (Å²) in [6.45, 7) is 3.36. The van der Waals surface area contributed by atoms with Gasteiger partial charge in [-0.05, 0) is 66.0 Å². The first-order valence-corrected chi connectivity index (χ1v) is 9.70. The van der Waals surface area contributed by atoms with E-state index in [1.807, 2.05) is 12.1 Å². The molecule has 26 heavy (non-hydrogen) atoms.